The number of hydrogen-bond donors (Lipinski definition) is 0. The predicted molar refractivity (Wildman–Crippen MR) is 109 cm³/mol. The van der Waals surface area contributed by atoms with Gasteiger partial charge in [0.15, 0.2) is 12.4 Å². The molecule has 0 saturated carbocycles. The lowest BCUT2D eigenvalue weighted by atomic mass is 10.1. The smallest absolute Gasteiger partial charge is 0.310 e. The summed E-state index contributed by atoms with van der Waals surface area (Å²) in [6.45, 7) is 3.76. The van der Waals surface area contributed by atoms with Gasteiger partial charge in [-0.25, -0.2) is 0 Å². The van der Waals surface area contributed by atoms with Gasteiger partial charge in [0.05, 0.1) is 24.8 Å². The quantitative estimate of drug-likeness (QED) is 0.392. The van der Waals surface area contributed by atoms with Crippen molar-refractivity contribution in [2.75, 3.05) is 13.7 Å². The Bertz CT molecular complexity index is 986. The highest BCUT2D eigenvalue weighted by Gasteiger charge is 2.12. The average molecular weight is 409 g/mol. The Morgan fingerprint density at radius 1 is 0.967 bits per heavy atom. The van der Waals surface area contributed by atoms with Crippen LogP contribution in [0.2, 0.25) is 0 Å². The molecule has 7 heteroatoms. The summed E-state index contributed by atoms with van der Waals surface area (Å²) < 4.78 is 21.0. The van der Waals surface area contributed by atoms with E-state index in [0.29, 0.717) is 23.7 Å². The van der Waals surface area contributed by atoms with Crippen LogP contribution in [0.25, 0.3) is 0 Å². The summed E-state index contributed by atoms with van der Waals surface area (Å²) in [6.07, 6.45) is 0.0695. The molecule has 0 aliphatic rings. The van der Waals surface area contributed by atoms with E-state index in [1.807, 2.05) is 13.8 Å². The van der Waals surface area contributed by atoms with Crippen molar-refractivity contribution < 1.29 is 28.3 Å². The third-order valence-corrected chi connectivity index (χ3v) is 4.61. The lowest BCUT2D eigenvalue weighted by Gasteiger charge is -2.08. The second-order valence-electron chi connectivity index (χ2n) is 6.72. The predicted octanol–water partition coefficient (Wildman–Crippen LogP) is 3.85. The zero-order valence-corrected chi connectivity index (χ0v) is 17.1. The highest BCUT2D eigenvalue weighted by Crippen LogP contribution is 2.18. The molecule has 0 spiro atoms. The minimum atomic E-state index is -0.471. The van der Waals surface area contributed by atoms with E-state index in [1.165, 1.54) is 0 Å². The van der Waals surface area contributed by atoms with Gasteiger partial charge in [0, 0.05) is 5.56 Å². The van der Waals surface area contributed by atoms with Crippen molar-refractivity contribution in [3.8, 4) is 11.5 Å². The third-order valence-electron chi connectivity index (χ3n) is 4.61. The fourth-order valence-corrected chi connectivity index (χ4v) is 2.79. The third kappa shape index (κ3) is 5.47. The van der Waals surface area contributed by atoms with Gasteiger partial charge in [-0.1, -0.05) is 17.3 Å². The molecular formula is C23H23NO6. The summed E-state index contributed by atoms with van der Waals surface area (Å²) in [7, 11) is 1.55. The van der Waals surface area contributed by atoms with Gasteiger partial charge in [-0.2, -0.15) is 0 Å². The molecule has 0 aliphatic heterocycles. The standard InChI is InChI=1S/C23H23NO6/c1-15-21(16(2)30-24-15)13-28-20-8-4-17(5-9-20)12-23(26)29-14-22(25)18-6-10-19(27-3)11-7-18/h4-11H,12-14H2,1-3H3. The Labute approximate surface area is 174 Å². The van der Waals surface area contributed by atoms with Gasteiger partial charge in [0.1, 0.15) is 23.9 Å². The van der Waals surface area contributed by atoms with E-state index in [2.05, 4.69) is 5.16 Å². The number of ketones is 1. The number of methoxy groups -OCH3 is 1. The Morgan fingerprint density at radius 2 is 1.63 bits per heavy atom. The van der Waals surface area contributed by atoms with Crippen LogP contribution in [0.3, 0.4) is 0 Å². The number of rotatable bonds is 9. The summed E-state index contributed by atoms with van der Waals surface area (Å²) in [6, 6.07) is 13.8. The number of nitrogens with zero attached hydrogens (tertiary/aromatic N) is 1. The van der Waals surface area contributed by atoms with Crippen LogP contribution in [0.5, 0.6) is 11.5 Å². The minimum absolute atomic E-state index is 0.0695. The van der Waals surface area contributed by atoms with Crippen LogP contribution < -0.4 is 9.47 Å². The highest BCUT2D eigenvalue weighted by atomic mass is 16.5. The SMILES string of the molecule is COc1ccc(C(=O)COC(=O)Cc2ccc(OCc3c(C)noc3C)cc2)cc1. The summed E-state index contributed by atoms with van der Waals surface area (Å²) in [5, 5.41) is 3.90. The molecule has 0 N–H and O–H groups in total. The number of carbonyl (C=O) groups is 2. The molecule has 1 heterocycles. The van der Waals surface area contributed by atoms with E-state index in [1.54, 1.807) is 55.6 Å². The number of Topliss-reactive ketones (excluding diaryl/α,β-unsaturated/α-hetero) is 1. The van der Waals surface area contributed by atoms with Gasteiger partial charge in [-0.05, 0) is 55.8 Å². The Kier molecular flexibility index (Phi) is 6.85. The van der Waals surface area contributed by atoms with Crippen molar-refractivity contribution in [2.45, 2.75) is 26.9 Å². The topological polar surface area (TPSA) is 87.9 Å². The average Bonchev–Trinajstić information content (AvgIpc) is 3.09. The maximum absolute atomic E-state index is 12.1. The molecule has 0 atom stereocenters. The molecule has 3 aromatic rings. The zero-order valence-electron chi connectivity index (χ0n) is 17.1. The maximum atomic E-state index is 12.1. The molecule has 0 aliphatic carbocycles. The molecule has 0 saturated heterocycles. The molecule has 156 valence electrons. The van der Waals surface area contributed by atoms with Gasteiger partial charge < -0.3 is 18.7 Å². The van der Waals surface area contributed by atoms with E-state index in [9.17, 15) is 9.59 Å². The Morgan fingerprint density at radius 3 is 2.23 bits per heavy atom. The maximum Gasteiger partial charge on any atom is 0.310 e. The lowest BCUT2D eigenvalue weighted by Crippen LogP contribution is -2.15. The van der Waals surface area contributed by atoms with Crippen LogP contribution >= 0.6 is 0 Å². The summed E-state index contributed by atoms with van der Waals surface area (Å²) in [4.78, 5) is 24.2. The normalized spacial score (nSPS) is 10.5. The van der Waals surface area contributed by atoms with E-state index >= 15 is 0 Å². The minimum Gasteiger partial charge on any atom is -0.497 e. The van der Waals surface area contributed by atoms with Crippen molar-refractivity contribution in [1.82, 2.24) is 5.16 Å². The largest absolute Gasteiger partial charge is 0.497 e. The zero-order chi connectivity index (χ0) is 21.5. The molecule has 30 heavy (non-hydrogen) atoms. The van der Waals surface area contributed by atoms with Crippen molar-refractivity contribution in [3.05, 3.63) is 76.7 Å². The molecular weight excluding hydrogens is 386 g/mol. The van der Waals surface area contributed by atoms with Gasteiger partial charge in [-0.15, -0.1) is 0 Å². The first kappa shape index (κ1) is 21.1. The van der Waals surface area contributed by atoms with E-state index in [4.69, 9.17) is 18.7 Å². The van der Waals surface area contributed by atoms with Gasteiger partial charge in [0.25, 0.3) is 0 Å². The number of benzene rings is 2. The highest BCUT2D eigenvalue weighted by molar-refractivity contribution is 5.98. The van der Waals surface area contributed by atoms with E-state index in [-0.39, 0.29) is 18.8 Å². The summed E-state index contributed by atoms with van der Waals surface area (Å²) >= 11 is 0. The monoisotopic (exact) mass is 409 g/mol. The second-order valence-corrected chi connectivity index (χ2v) is 6.72. The number of aromatic nitrogens is 1. The van der Waals surface area contributed by atoms with E-state index < -0.39 is 5.97 Å². The lowest BCUT2D eigenvalue weighted by molar-refractivity contribution is -0.141. The van der Waals surface area contributed by atoms with Crippen molar-refractivity contribution in [2.24, 2.45) is 0 Å². The molecule has 0 bridgehead atoms. The van der Waals surface area contributed by atoms with Crippen LogP contribution in [-0.2, 0) is 22.6 Å². The summed E-state index contributed by atoms with van der Waals surface area (Å²) in [5.41, 5.74) is 2.95. The molecule has 0 amide bonds. The van der Waals surface area contributed by atoms with Crippen LogP contribution in [0.1, 0.15) is 32.9 Å². The number of esters is 1. The number of ether oxygens (including phenoxy) is 3. The van der Waals surface area contributed by atoms with Crippen molar-refractivity contribution in [3.63, 3.8) is 0 Å². The molecule has 7 nitrogen and oxygen atoms in total. The number of aryl methyl sites for hydroxylation is 2. The molecule has 0 radical (unpaired) electrons. The molecule has 0 fully saturated rings. The molecule has 0 unspecified atom stereocenters. The fourth-order valence-electron chi connectivity index (χ4n) is 2.79. The van der Waals surface area contributed by atoms with Gasteiger partial charge in [0.2, 0.25) is 0 Å². The number of hydrogen-bond acceptors (Lipinski definition) is 7. The van der Waals surface area contributed by atoms with Gasteiger partial charge >= 0.3 is 5.97 Å². The van der Waals surface area contributed by atoms with Crippen molar-refractivity contribution in [1.29, 1.82) is 0 Å². The molecule has 2 aromatic carbocycles. The fraction of sp³-hybridized carbons (Fsp3) is 0.261. The first-order valence-corrected chi connectivity index (χ1v) is 9.42. The van der Waals surface area contributed by atoms with Crippen LogP contribution in [0.4, 0.5) is 0 Å². The second kappa shape index (κ2) is 9.73. The first-order chi connectivity index (χ1) is 14.5. The van der Waals surface area contributed by atoms with Crippen LogP contribution in [-0.4, -0.2) is 30.6 Å². The van der Waals surface area contributed by atoms with Crippen LogP contribution in [0.15, 0.2) is 53.1 Å². The Balaban J connectivity index is 1.46. The first-order valence-electron chi connectivity index (χ1n) is 9.42. The van der Waals surface area contributed by atoms with Gasteiger partial charge in [-0.3, -0.25) is 9.59 Å². The van der Waals surface area contributed by atoms with Crippen molar-refractivity contribution >= 4 is 11.8 Å². The van der Waals surface area contributed by atoms with Crippen LogP contribution in [0, 0.1) is 13.8 Å². The number of carbonyl (C=O) groups excluding carboxylic acids is 2. The Hall–Kier alpha value is -3.61. The van der Waals surface area contributed by atoms with E-state index in [0.717, 1.165) is 22.6 Å². The summed E-state index contributed by atoms with van der Waals surface area (Å²) in [5.74, 6) is 1.32. The molecule has 1 aromatic heterocycles. The molecule has 3 rings (SSSR count).